The molecule has 18 heavy (non-hydrogen) atoms. The summed E-state index contributed by atoms with van der Waals surface area (Å²) >= 11 is 0. The maximum atomic E-state index is 12.6. The Balaban J connectivity index is 2.68. The third-order valence-corrected chi connectivity index (χ3v) is 3.93. The molecule has 0 saturated carbocycles. The van der Waals surface area contributed by atoms with Crippen molar-refractivity contribution in [2.45, 2.75) is 47.5 Å². The topological polar surface area (TPSA) is 32.3 Å². The molecule has 1 rings (SSSR count). The van der Waals surface area contributed by atoms with Gasteiger partial charge in [0.05, 0.1) is 0 Å². The molecule has 1 atom stereocenters. The molecular formula is C15H30N2O. The van der Waals surface area contributed by atoms with Crippen LogP contribution in [-0.4, -0.2) is 37.5 Å². The van der Waals surface area contributed by atoms with Crippen LogP contribution in [0, 0.1) is 16.7 Å². The molecule has 0 bridgehead atoms. The number of nitrogens with zero attached hydrogens (tertiary/aromatic N) is 1. The van der Waals surface area contributed by atoms with Gasteiger partial charge >= 0.3 is 0 Å². The molecule has 0 aromatic carbocycles. The SMILES string of the molecule is CN(CC(C)(C)C)C(=O)C(C)(C)C1CCCNC1. The van der Waals surface area contributed by atoms with Crippen molar-refractivity contribution in [3.63, 3.8) is 0 Å². The first-order chi connectivity index (χ1) is 8.14. The van der Waals surface area contributed by atoms with Crippen LogP contribution in [0.15, 0.2) is 0 Å². The molecule has 3 nitrogen and oxygen atoms in total. The Bertz CT molecular complexity index is 285. The molecule has 3 heteroatoms. The van der Waals surface area contributed by atoms with Gasteiger partial charge in [-0.1, -0.05) is 34.6 Å². The molecule has 0 aliphatic carbocycles. The molecule has 0 radical (unpaired) electrons. The van der Waals surface area contributed by atoms with E-state index in [2.05, 4.69) is 39.9 Å². The number of hydrogen-bond donors (Lipinski definition) is 1. The molecule has 106 valence electrons. The highest BCUT2D eigenvalue weighted by atomic mass is 16.2. The van der Waals surface area contributed by atoms with Crippen molar-refractivity contribution in [2.24, 2.45) is 16.7 Å². The predicted octanol–water partition coefficient (Wildman–Crippen LogP) is 2.52. The minimum absolute atomic E-state index is 0.158. The largest absolute Gasteiger partial charge is 0.345 e. The van der Waals surface area contributed by atoms with E-state index in [1.54, 1.807) is 0 Å². The van der Waals surface area contributed by atoms with Crippen LogP contribution in [0.5, 0.6) is 0 Å². The second-order valence-electron chi connectivity index (χ2n) is 7.49. The second kappa shape index (κ2) is 5.60. The number of carbonyl (C=O) groups excluding carboxylic acids is 1. The quantitative estimate of drug-likeness (QED) is 0.839. The van der Waals surface area contributed by atoms with Crippen LogP contribution < -0.4 is 5.32 Å². The third-order valence-electron chi connectivity index (χ3n) is 3.93. The Morgan fingerprint density at radius 3 is 2.33 bits per heavy atom. The summed E-state index contributed by atoms with van der Waals surface area (Å²) in [6.07, 6.45) is 2.35. The van der Waals surface area contributed by atoms with Gasteiger partial charge in [0.1, 0.15) is 0 Å². The van der Waals surface area contributed by atoms with E-state index in [-0.39, 0.29) is 16.7 Å². The Hall–Kier alpha value is -0.570. The van der Waals surface area contributed by atoms with Gasteiger partial charge in [0.25, 0.3) is 0 Å². The van der Waals surface area contributed by atoms with Gasteiger partial charge in [-0.05, 0) is 37.3 Å². The summed E-state index contributed by atoms with van der Waals surface area (Å²) in [7, 11) is 1.94. The lowest BCUT2D eigenvalue weighted by atomic mass is 9.74. The number of carbonyl (C=O) groups is 1. The lowest BCUT2D eigenvalue weighted by Crippen LogP contribution is -2.49. The molecule has 1 unspecified atom stereocenters. The fraction of sp³-hybridized carbons (Fsp3) is 0.933. The summed E-state index contributed by atoms with van der Waals surface area (Å²) in [4.78, 5) is 14.6. The molecule has 1 fully saturated rings. The Kier molecular flexibility index (Phi) is 4.82. The van der Waals surface area contributed by atoms with Gasteiger partial charge in [-0.3, -0.25) is 4.79 Å². The highest BCUT2D eigenvalue weighted by Crippen LogP contribution is 2.34. The lowest BCUT2D eigenvalue weighted by Gasteiger charge is -2.40. The van der Waals surface area contributed by atoms with Crippen LogP contribution in [0.2, 0.25) is 0 Å². The fourth-order valence-corrected chi connectivity index (χ4v) is 2.92. The molecule has 1 N–H and O–H groups in total. The summed E-state index contributed by atoms with van der Waals surface area (Å²) in [5.41, 5.74) is -0.0985. The van der Waals surface area contributed by atoms with Gasteiger partial charge < -0.3 is 10.2 Å². The number of rotatable bonds is 3. The Morgan fingerprint density at radius 2 is 1.89 bits per heavy atom. The summed E-state index contributed by atoms with van der Waals surface area (Å²) in [6, 6.07) is 0. The standard InChI is InChI=1S/C15H30N2O/c1-14(2,3)11-17(6)13(18)15(4,5)12-8-7-9-16-10-12/h12,16H,7-11H2,1-6H3. The van der Waals surface area contributed by atoms with E-state index in [0.717, 1.165) is 26.1 Å². The smallest absolute Gasteiger partial charge is 0.228 e. The highest BCUT2D eigenvalue weighted by Gasteiger charge is 2.39. The third kappa shape index (κ3) is 3.98. The van der Waals surface area contributed by atoms with Crippen molar-refractivity contribution >= 4 is 5.91 Å². The molecule has 0 aromatic rings. The van der Waals surface area contributed by atoms with Crippen molar-refractivity contribution in [3.8, 4) is 0 Å². The average molecular weight is 254 g/mol. The average Bonchev–Trinajstić information content (AvgIpc) is 2.27. The maximum Gasteiger partial charge on any atom is 0.228 e. The zero-order chi connectivity index (χ0) is 14.0. The molecule has 1 aliphatic rings. The lowest BCUT2D eigenvalue weighted by molar-refractivity contribution is -0.143. The zero-order valence-corrected chi connectivity index (χ0v) is 13.0. The van der Waals surface area contributed by atoms with E-state index in [1.165, 1.54) is 6.42 Å². The van der Waals surface area contributed by atoms with Crippen LogP contribution in [-0.2, 0) is 4.79 Å². The summed E-state index contributed by atoms with van der Waals surface area (Å²) < 4.78 is 0. The van der Waals surface area contributed by atoms with E-state index in [4.69, 9.17) is 0 Å². The minimum Gasteiger partial charge on any atom is -0.345 e. The van der Waals surface area contributed by atoms with Crippen molar-refractivity contribution < 1.29 is 4.79 Å². The van der Waals surface area contributed by atoms with Gasteiger partial charge in [-0.15, -0.1) is 0 Å². The maximum absolute atomic E-state index is 12.6. The molecule has 1 aliphatic heterocycles. The van der Waals surface area contributed by atoms with Crippen molar-refractivity contribution in [1.82, 2.24) is 10.2 Å². The molecule has 1 saturated heterocycles. The number of amides is 1. The van der Waals surface area contributed by atoms with Crippen molar-refractivity contribution in [1.29, 1.82) is 0 Å². The van der Waals surface area contributed by atoms with Gasteiger partial charge in [-0.25, -0.2) is 0 Å². The first kappa shape index (κ1) is 15.5. The van der Waals surface area contributed by atoms with Gasteiger partial charge in [-0.2, -0.15) is 0 Å². The van der Waals surface area contributed by atoms with E-state index in [0.29, 0.717) is 5.92 Å². The van der Waals surface area contributed by atoms with Gasteiger partial charge in [0.2, 0.25) is 5.91 Å². The van der Waals surface area contributed by atoms with E-state index in [1.807, 2.05) is 11.9 Å². The van der Waals surface area contributed by atoms with Gasteiger partial charge in [0.15, 0.2) is 0 Å². The Labute approximate surface area is 112 Å². The zero-order valence-electron chi connectivity index (χ0n) is 13.0. The Morgan fingerprint density at radius 1 is 1.28 bits per heavy atom. The van der Waals surface area contributed by atoms with Crippen molar-refractivity contribution in [3.05, 3.63) is 0 Å². The molecule has 1 heterocycles. The fourth-order valence-electron chi connectivity index (χ4n) is 2.92. The summed E-state index contributed by atoms with van der Waals surface area (Å²) in [5.74, 6) is 0.743. The monoisotopic (exact) mass is 254 g/mol. The minimum atomic E-state index is -0.257. The molecule has 0 aromatic heterocycles. The highest BCUT2D eigenvalue weighted by molar-refractivity contribution is 5.82. The molecule has 1 amide bonds. The first-order valence-electron chi connectivity index (χ1n) is 7.11. The van der Waals surface area contributed by atoms with Crippen LogP contribution in [0.1, 0.15) is 47.5 Å². The number of nitrogens with one attached hydrogen (secondary N) is 1. The summed E-state index contributed by atoms with van der Waals surface area (Å²) in [5, 5.41) is 3.41. The van der Waals surface area contributed by atoms with Crippen LogP contribution >= 0.6 is 0 Å². The van der Waals surface area contributed by atoms with Crippen LogP contribution in [0.3, 0.4) is 0 Å². The predicted molar refractivity (Wildman–Crippen MR) is 76.5 cm³/mol. The van der Waals surface area contributed by atoms with E-state index < -0.39 is 0 Å². The van der Waals surface area contributed by atoms with Crippen LogP contribution in [0.25, 0.3) is 0 Å². The van der Waals surface area contributed by atoms with E-state index >= 15 is 0 Å². The van der Waals surface area contributed by atoms with E-state index in [9.17, 15) is 4.79 Å². The van der Waals surface area contributed by atoms with Crippen molar-refractivity contribution in [2.75, 3.05) is 26.7 Å². The first-order valence-corrected chi connectivity index (χ1v) is 7.11. The van der Waals surface area contributed by atoms with Crippen LogP contribution in [0.4, 0.5) is 0 Å². The second-order valence-corrected chi connectivity index (χ2v) is 7.49. The number of piperidine rings is 1. The number of hydrogen-bond acceptors (Lipinski definition) is 2. The summed E-state index contributed by atoms with van der Waals surface area (Å²) in [6.45, 7) is 13.6. The normalized spacial score (nSPS) is 21.8. The molecular weight excluding hydrogens is 224 g/mol. The molecule has 0 spiro atoms. The van der Waals surface area contributed by atoms with Gasteiger partial charge in [0, 0.05) is 19.0 Å².